The Labute approximate surface area is 382 Å². The van der Waals surface area contributed by atoms with Crippen molar-refractivity contribution in [1.29, 1.82) is 0 Å². The first-order chi connectivity index (χ1) is 30.9. The van der Waals surface area contributed by atoms with E-state index in [9.17, 15) is 19.8 Å². The van der Waals surface area contributed by atoms with Crippen LogP contribution in [-0.2, 0) is 0 Å². The molecule has 63 heavy (non-hydrogen) atoms. The molecule has 0 bridgehead atoms. The lowest BCUT2D eigenvalue weighted by atomic mass is 10.0. The highest BCUT2D eigenvalue weighted by Gasteiger charge is 2.23. The normalized spacial score (nSPS) is 11.4. The molecule has 0 aliphatic heterocycles. The van der Waals surface area contributed by atoms with Crippen molar-refractivity contribution in [2.75, 3.05) is 18.5 Å². The van der Waals surface area contributed by atoms with Gasteiger partial charge in [0.15, 0.2) is 0 Å². The fourth-order valence-electron chi connectivity index (χ4n) is 8.26. The number of hydrogen-bond acceptors (Lipinski definition) is 10. The zero-order valence-corrected chi connectivity index (χ0v) is 39.7. The highest BCUT2D eigenvalue weighted by Crippen LogP contribution is 2.22. The van der Waals surface area contributed by atoms with Crippen molar-refractivity contribution in [3.05, 3.63) is 71.3 Å². The molecule has 0 aliphatic rings. The number of carbonyl (C=O) groups excluding carboxylic acids is 2. The van der Waals surface area contributed by atoms with Gasteiger partial charge in [0, 0.05) is 13.1 Å². The molecule has 1 aromatic heterocycles. The Bertz CT molecular complexity index is 1520. The number of ketones is 2. The van der Waals surface area contributed by atoms with Crippen LogP contribution in [0.25, 0.3) is 0 Å². The maximum absolute atomic E-state index is 13.6. The molecule has 4 N–H and O–H groups in total. The number of nitrogens with zero attached hydrogens (tertiary/aromatic N) is 4. The number of carbonyl (C=O) groups is 2. The van der Waals surface area contributed by atoms with E-state index in [0.29, 0.717) is 0 Å². The van der Waals surface area contributed by atoms with E-state index in [2.05, 4.69) is 44.8 Å². The number of benzene rings is 2. The summed E-state index contributed by atoms with van der Waals surface area (Å²) in [5.41, 5.74) is 6.37. The Morgan fingerprint density at radius 1 is 0.429 bits per heavy atom. The van der Waals surface area contributed by atoms with E-state index in [4.69, 9.17) is 0 Å². The molecule has 10 heteroatoms. The van der Waals surface area contributed by atoms with Gasteiger partial charge in [0.25, 0.3) is 0 Å². The second-order valence-corrected chi connectivity index (χ2v) is 17.8. The van der Waals surface area contributed by atoms with Crippen LogP contribution in [0.4, 0.5) is 5.95 Å². The molecular formula is C53H86N6O4. The van der Waals surface area contributed by atoms with Crippen molar-refractivity contribution >= 4 is 17.5 Å². The quantitative estimate of drug-likeness (QED) is 0.0247. The lowest BCUT2D eigenvalue weighted by Crippen LogP contribution is -2.43. The molecular weight excluding hydrogens is 785 g/mol. The van der Waals surface area contributed by atoms with Crippen molar-refractivity contribution in [2.45, 2.75) is 219 Å². The number of para-hydroxylation sites is 2. The Hall–Kier alpha value is -3.89. The van der Waals surface area contributed by atoms with Crippen molar-refractivity contribution in [3.8, 4) is 11.5 Å². The van der Waals surface area contributed by atoms with Crippen LogP contribution < -0.4 is 11.0 Å². The molecule has 10 nitrogen and oxygen atoms in total. The lowest BCUT2D eigenvalue weighted by molar-refractivity contribution is 0.102. The Balaban J connectivity index is 1.49. The molecule has 3 rings (SSSR count). The van der Waals surface area contributed by atoms with E-state index in [-0.39, 0.29) is 40.2 Å². The second kappa shape index (κ2) is 35.5. The summed E-state index contributed by atoms with van der Waals surface area (Å²) in [4.78, 5) is 40.1. The summed E-state index contributed by atoms with van der Waals surface area (Å²) in [5.74, 6) is -2.33. The number of nitrogens with one attached hydrogen (secondary N) is 2. The van der Waals surface area contributed by atoms with E-state index in [1.807, 2.05) is 0 Å². The van der Waals surface area contributed by atoms with Gasteiger partial charge in [-0.15, -0.1) is 0 Å². The molecule has 0 saturated carbocycles. The van der Waals surface area contributed by atoms with Crippen LogP contribution in [0, 0.1) is 0 Å². The Morgan fingerprint density at radius 2 is 0.714 bits per heavy atom. The molecule has 0 unspecified atom stereocenters. The molecule has 0 atom stereocenters. The van der Waals surface area contributed by atoms with Gasteiger partial charge >= 0.3 is 0 Å². The number of aromatic nitrogens is 3. The van der Waals surface area contributed by atoms with Gasteiger partial charge in [0.1, 0.15) is 11.5 Å². The summed E-state index contributed by atoms with van der Waals surface area (Å²) in [6.45, 7) is 6.20. The number of rotatable bonds is 41. The highest BCUT2D eigenvalue weighted by atomic mass is 16.3. The smallest absolute Gasteiger partial charge is 0.242 e. The van der Waals surface area contributed by atoms with Crippen LogP contribution in [0.5, 0.6) is 11.5 Å². The molecule has 352 valence electrons. The second-order valence-electron chi connectivity index (χ2n) is 17.8. The average molecular weight is 871 g/mol. The fourth-order valence-corrected chi connectivity index (χ4v) is 8.26. The van der Waals surface area contributed by atoms with Gasteiger partial charge in [-0.2, -0.15) is 15.5 Å². The van der Waals surface area contributed by atoms with E-state index in [1.165, 1.54) is 204 Å². The highest BCUT2D eigenvalue weighted by molar-refractivity contribution is 6.11. The molecule has 1 heterocycles. The van der Waals surface area contributed by atoms with E-state index in [0.717, 1.165) is 38.8 Å². The minimum absolute atomic E-state index is 0.00788. The third-order valence-electron chi connectivity index (χ3n) is 12.2. The zero-order valence-electron chi connectivity index (χ0n) is 39.7. The van der Waals surface area contributed by atoms with Gasteiger partial charge in [0.2, 0.25) is 29.2 Å². The maximum atomic E-state index is 13.6. The summed E-state index contributed by atoms with van der Waals surface area (Å²) in [7, 11) is 0. The molecule has 0 amide bonds. The summed E-state index contributed by atoms with van der Waals surface area (Å²) < 4.78 is 0. The Morgan fingerprint density at radius 3 is 1.02 bits per heavy atom. The molecule has 0 fully saturated rings. The van der Waals surface area contributed by atoms with Gasteiger partial charge in [-0.3, -0.25) is 15.0 Å². The summed E-state index contributed by atoms with van der Waals surface area (Å²) in [6, 6.07) is 12.3. The topological polar surface area (TPSA) is 141 Å². The number of phenols is 2. The molecule has 3 aromatic rings. The van der Waals surface area contributed by atoms with Crippen LogP contribution >= 0.6 is 0 Å². The monoisotopic (exact) mass is 871 g/mol. The number of hydrogen-bond donors (Lipinski definition) is 4. The lowest BCUT2D eigenvalue weighted by Gasteiger charge is -2.24. The number of anilines is 1. The minimum atomic E-state index is -0.650. The van der Waals surface area contributed by atoms with Crippen molar-refractivity contribution in [3.63, 3.8) is 0 Å². The minimum Gasteiger partial charge on any atom is -0.507 e. The van der Waals surface area contributed by atoms with Crippen molar-refractivity contribution < 1.29 is 19.8 Å². The molecule has 0 saturated heterocycles. The van der Waals surface area contributed by atoms with Gasteiger partial charge in [-0.05, 0) is 37.1 Å². The standard InChI is InChI=1S/C53H86N6O4/c1-3-5-7-9-11-13-15-17-19-21-23-25-27-29-31-37-43-59(44-38-32-30-28-26-24-22-20-18-16-14-12-10-8-6-4-2)58-57-53-55-51(49(62)45-39-33-35-41-47(45)60)54-52(56-53)50(63)46-40-34-36-42-48(46)61/h33-36,39-42,58,60-61H,3-32,37-38,43-44H2,1-2H3,(H,54,55,56,57). The van der Waals surface area contributed by atoms with Crippen LogP contribution in [0.2, 0.25) is 0 Å². The van der Waals surface area contributed by atoms with Crippen molar-refractivity contribution in [2.24, 2.45) is 0 Å². The number of aromatic hydroxyl groups is 2. The number of phenolic OH excluding ortho intramolecular Hbond substituents is 2. The SMILES string of the molecule is CCCCCCCCCCCCCCCCCCN(CCCCCCCCCCCCCCCCCC)NNc1nc(C(=O)c2ccccc2O)nc(C(=O)c2ccccc2O)n1. The average Bonchev–Trinajstić information content (AvgIpc) is 3.30. The third kappa shape index (κ3) is 24.1. The zero-order chi connectivity index (χ0) is 45.0. The van der Waals surface area contributed by atoms with Gasteiger partial charge in [-0.25, -0.2) is 9.99 Å². The van der Waals surface area contributed by atoms with E-state index >= 15 is 0 Å². The Kier molecular flexibility index (Phi) is 30.1. The molecule has 0 aliphatic carbocycles. The molecule has 0 spiro atoms. The summed E-state index contributed by atoms with van der Waals surface area (Å²) >= 11 is 0. The van der Waals surface area contributed by atoms with E-state index < -0.39 is 11.6 Å². The van der Waals surface area contributed by atoms with Crippen LogP contribution in [-0.4, -0.2) is 54.8 Å². The summed E-state index contributed by atoms with van der Waals surface area (Å²) in [6.07, 6.45) is 42.3. The first kappa shape index (κ1) is 53.4. The first-order valence-electron chi connectivity index (χ1n) is 25.6. The van der Waals surface area contributed by atoms with Gasteiger partial charge < -0.3 is 10.2 Å². The van der Waals surface area contributed by atoms with Gasteiger partial charge in [-0.1, -0.05) is 231 Å². The molecule has 0 radical (unpaired) electrons. The predicted molar refractivity (Wildman–Crippen MR) is 260 cm³/mol. The van der Waals surface area contributed by atoms with Gasteiger partial charge in [0.05, 0.1) is 11.1 Å². The number of unbranched alkanes of at least 4 members (excludes halogenated alkanes) is 30. The number of hydrazine groups is 2. The van der Waals surface area contributed by atoms with Crippen molar-refractivity contribution in [1.82, 2.24) is 25.5 Å². The molecule has 2 aromatic carbocycles. The third-order valence-corrected chi connectivity index (χ3v) is 12.2. The predicted octanol–water partition coefficient (Wildman–Crippen LogP) is 14.4. The van der Waals surface area contributed by atoms with Crippen LogP contribution in [0.1, 0.15) is 252 Å². The maximum Gasteiger partial charge on any atom is 0.242 e. The van der Waals surface area contributed by atoms with E-state index in [1.54, 1.807) is 24.3 Å². The largest absolute Gasteiger partial charge is 0.507 e. The fraction of sp³-hybridized carbons (Fsp3) is 0.679. The van der Waals surface area contributed by atoms with Crippen LogP contribution in [0.3, 0.4) is 0 Å². The van der Waals surface area contributed by atoms with Crippen LogP contribution in [0.15, 0.2) is 48.5 Å². The first-order valence-corrected chi connectivity index (χ1v) is 25.6. The summed E-state index contributed by atoms with van der Waals surface area (Å²) in [5, 5.41) is 23.0.